The van der Waals surface area contributed by atoms with Crippen LogP contribution in [0.15, 0.2) is 12.1 Å². The zero-order valence-electron chi connectivity index (χ0n) is 12.6. The van der Waals surface area contributed by atoms with Gasteiger partial charge in [-0.2, -0.15) is 0 Å². The summed E-state index contributed by atoms with van der Waals surface area (Å²) in [5.41, 5.74) is 4.49. The van der Waals surface area contributed by atoms with Crippen LogP contribution in [0.25, 0.3) is 0 Å². The number of ketones is 1. The molecule has 1 aromatic carbocycles. The number of benzene rings is 1. The largest absolute Gasteiger partial charge is 0.293 e. The molecular weight excluding hydrogens is 234 g/mol. The molecule has 0 N–H and O–H groups in total. The maximum atomic E-state index is 12.5. The first kappa shape index (κ1) is 14.3. The third-order valence-electron chi connectivity index (χ3n) is 4.43. The van der Waals surface area contributed by atoms with E-state index >= 15 is 0 Å². The van der Waals surface area contributed by atoms with E-state index in [9.17, 15) is 4.79 Å². The molecule has 0 radical (unpaired) electrons. The minimum absolute atomic E-state index is 0.273. The average Bonchev–Trinajstić information content (AvgIpc) is 2.36. The van der Waals surface area contributed by atoms with Gasteiger partial charge in [0.2, 0.25) is 0 Å². The Morgan fingerprint density at radius 2 is 1.84 bits per heavy atom. The molecule has 2 rings (SSSR count). The SMILES string of the molecule is Cc1cc(C)c(C(=O)CN2CCCCC2C)cc1C. The number of rotatable bonds is 3. The molecule has 1 unspecified atom stereocenters. The summed E-state index contributed by atoms with van der Waals surface area (Å²) in [4.78, 5) is 14.8. The Morgan fingerprint density at radius 3 is 2.53 bits per heavy atom. The molecule has 1 atom stereocenters. The standard InChI is InChI=1S/C17H25NO/c1-12-9-14(3)16(10-13(12)2)17(19)11-18-8-6-5-7-15(18)4/h9-10,15H,5-8,11H2,1-4H3. The van der Waals surface area contributed by atoms with Crippen LogP contribution in [-0.2, 0) is 0 Å². The molecule has 1 aliphatic rings. The summed E-state index contributed by atoms with van der Waals surface area (Å²) < 4.78 is 0. The number of nitrogens with zero attached hydrogens (tertiary/aromatic N) is 1. The predicted octanol–water partition coefficient (Wildman–Crippen LogP) is 3.67. The summed E-state index contributed by atoms with van der Waals surface area (Å²) in [6.45, 7) is 10.1. The van der Waals surface area contributed by atoms with Gasteiger partial charge in [-0.3, -0.25) is 9.69 Å². The van der Waals surface area contributed by atoms with Crippen molar-refractivity contribution in [1.82, 2.24) is 4.90 Å². The first-order valence-corrected chi connectivity index (χ1v) is 7.34. The summed E-state index contributed by atoms with van der Waals surface area (Å²) in [5.74, 6) is 0.273. The van der Waals surface area contributed by atoms with E-state index in [-0.39, 0.29) is 5.78 Å². The zero-order chi connectivity index (χ0) is 14.0. The van der Waals surface area contributed by atoms with Crippen molar-refractivity contribution in [3.05, 3.63) is 34.4 Å². The fourth-order valence-corrected chi connectivity index (χ4v) is 2.92. The molecule has 0 spiro atoms. The molecule has 0 amide bonds. The predicted molar refractivity (Wildman–Crippen MR) is 79.9 cm³/mol. The number of piperidine rings is 1. The van der Waals surface area contributed by atoms with Crippen molar-refractivity contribution in [1.29, 1.82) is 0 Å². The second kappa shape index (κ2) is 5.87. The third-order valence-corrected chi connectivity index (χ3v) is 4.43. The van der Waals surface area contributed by atoms with Gasteiger partial charge in [0.05, 0.1) is 6.54 Å². The van der Waals surface area contributed by atoms with Gasteiger partial charge in [0, 0.05) is 11.6 Å². The van der Waals surface area contributed by atoms with Crippen LogP contribution < -0.4 is 0 Å². The van der Waals surface area contributed by atoms with Gasteiger partial charge < -0.3 is 0 Å². The van der Waals surface area contributed by atoms with E-state index in [0.717, 1.165) is 17.7 Å². The lowest BCUT2D eigenvalue weighted by molar-refractivity contribution is 0.0859. The van der Waals surface area contributed by atoms with Gasteiger partial charge in [-0.1, -0.05) is 12.5 Å². The Balaban J connectivity index is 2.13. The Morgan fingerprint density at radius 1 is 1.16 bits per heavy atom. The molecule has 0 aliphatic carbocycles. The quantitative estimate of drug-likeness (QED) is 0.772. The van der Waals surface area contributed by atoms with Gasteiger partial charge in [0.15, 0.2) is 5.78 Å². The average molecular weight is 259 g/mol. The maximum absolute atomic E-state index is 12.5. The summed E-state index contributed by atoms with van der Waals surface area (Å²) in [6, 6.07) is 4.73. The molecule has 104 valence electrons. The second-order valence-electron chi connectivity index (χ2n) is 5.99. The summed E-state index contributed by atoms with van der Waals surface area (Å²) in [6.07, 6.45) is 3.75. The van der Waals surface area contributed by atoms with Crippen LogP contribution in [0.4, 0.5) is 0 Å². The van der Waals surface area contributed by atoms with Gasteiger partial charge >= 0.3 is 0 Å². The highest BCUT2D eigenvalue weighted by Gasteiger charge is 2.21. The van der Waals surface area contributed by atoms with E-state index in [2.05, 4.69) is 37.8 Å². The number of carbonyl (C=O) groups is 1. The van der Waals surface area contributed by atoms with E-state index < -0.39 is 0 Å². The van der Waals surface area contributed by atoms with Crippen LogP contribution in [0.1, 0.15) is 53.2 Å². The van der Waals surface area contributed by atoms with Crippen molar-refractivity contribution in [2.45, 2.75) is 53.0 Å². The van der Waals surface area contributed by atoms with E-state index in [1.807, 2.05) is 6.92 Å². The van der Waals surface area contributed by atoms with Crippen LogP contribution in [0, 0.1) is 20.8 Å². The molecule has 1 aliphatic heterocycles. The normalized spacial score (nSPS) is 20.5. The Hall–Kier alpha value is -1.15. The molecule has 0 aromatic heterocycles. The monoisotopic (exact) mass is 259 g/mol. The van der Waals surface area contributed by atoms with Crippen molar-refractivity contribution >= 4 is 5.78 Å². The van der Waals surface area contributed by atoms with Gasteiger partial charge in [-0.15, -0.1) is 0 Å². The van der Waals surface area contributed by atoms with Crippen molar-refractivity contribution in [3.8, 4) is 0 Å². The van der Waals surface area contributed by atoms with E-state index in [1.165, 1.54) is 30.4 Å². The van der Waals surface area contributed by atoms with Crippen LogP contribution in [0.3, 0.4) is 0 Å². The first-order valence-electron chi connectivity index (χ1n) is 7.34. The van der Waals surface area contributed by atoms with Crippen molar-refractivity contribution in [3.63, 3.8) is 0 Å². The lowest BCUT2D eigenvalue weighted by Gasteiger charge is -2.32. The molecule has 19 heavy (non-hydrogen) atoms. The molecular formula is C17H25NO. The van der Waals surface area contributed by atoms with Crippen molar-refractivity contribution in [2.24, 2.45) is 0 Å². The molecule has 1 heterocycles. The van der Waals surface area contributed by atoms with Crippen LogP contribution >= 0.6 is 0 Å². The minimum Gasteiger partial charge on any atom is -0.293 e. The molecule has 2 nitrogen and oxygen atoms in total. The van der Waals surface area contributed by atoms with Crippen LogP contribution in [0.5, 0.6) is 0 Å². The fourth-order valence-electron chi connectivity index (χ4n) is 2.92. The van der Waals surface area contributed by atoms with Crippen LogP contribution in [0.2, 0.25) is 0 Å². The number of aryl methyl sites for hydroxylation is 3. The minimum atomic E-state index is 0.273. The molecule has 0 bridgehead atoms. The van der Waals surface area contributed by atoms with Gasteiger partial charge in [0.25, 0.3) is 0 Å². The topological polar surface area (TPSA) is 20.3 Å². The highest BCUT2D eigenvalue weighted by atomic mass is 16.1. The highest BCUT2D eigenvalue weighted by Crippen LogP contribution is 2.19. The van der Waals surface area contributed by atoms with Crippen molar-refractivity contribution < 1.29 is 4.79 Å². The van der Waals surface area contributed by atoms with E-state index in [0.29, 0.717) is 12.6 Å². The zero-order valence-corrected chi connectivity index (χ0v) is 12.6. The van der Waals surface area contributed by atoms with E-state index in [4.69, 9.17) is 0 Å². The Labute approximate surface area is 116 Å². The van der Waals surface area contributed by atoms with Crippen molar-refractivity contribution in [2.75, 3.05) is 13.1 Å². The number of carbonyl (C=O) groups excluding carboxylic acids is 1. The molecule has 1 aromatic rings. The lowest BCUT2D eigenvalue weighted by atomic mass is 9.96. The van der Waals surface area contributed by atoms with Crippen LogP contribution in [-0.4, -0.2) is 29.8 Å². The second-order valence-corrected chi connectivity index (χ2v) is 5.99. The van der Waals surface area contributed by atoms with E-state index in [1.54, 1.807) is 0 Å². The molecule has 1 saturated heterocycles. The number of hydrogen-bond donors (Lipinski definition) is 0. The molecule has 1 fully saturated rings. The fraction of sp³-hybridized carbons (Fsp3) is 0.588. The lowest BCUT2D eigenvalue weighted by Crippen LogP contribution is -2.40. The van der Waals surface area contributed by atoms with Gasteiger partial charge in [-0.05, 0) is 69.8 Å². The third kappa shape index (κ3) is 3.24. The first-order chi connectivity index (χ1) is 8.99. The van der Waals surface area contributed by atoms with Gasteiger partial charge in [0.1, 0.15) is 0 Å². The maximum Gasteiger partial charge on any atom is 0.177 e. The molecule has 2 heteroatoms. The smallest absolute Gasteiger partial charge is 0.177 e. The Bertz CT molecular complexity index is 478. The summed E-state index contributed by atoms with van der Waals surface area (Å²) in [5, 5.41) is 0. The summed E-state index contributed by atoms with van der Waals surface area (Å²) in [7, 11) is 0. The number of hydrogen-bond acceptors (Lipinski definition) is 2. The number of likely N-dealkylation sites (tertiary alicyclic amines) is 1. The molecule has 0 saturated carbocycles. The van der Waals surface area contributed by atoms with Gasteiger partial charge in [-0.25, -0.2) is 0 Å². The Kier molecular flexibility index (Phi) is 4.41. The summed E-state index contributed by atoms with van der Waals surface area (Å²) >= 11 is 0. The highest BCUT2D eigenvalue weighted by molar-refractivity contribution is 5.99. The number of Topliss-reactive ketones (excluding diaryl/α,β-unsaturated/α-hetero) is 1.